The van der Waals surface area contributed by atoms with Crippen LogP contribution in [0.15, 0.2) is 30.3 Å². The summed E-state index contributed by atoms with van der Waals surface area (Å²) < 4.78 is 29.6. The molecule has 40 heavy (non-hydrogen) atoms. The first-order chi connectivity index (χ1) is 18.7. The predicted octanol–water partition coefficient (Wildman–Crippen LogP) is 5.93. The molecule has 7 atom stereocenters. The summed E-state index contributed by atoms with van der Waals surface area (Å²) in [5.41, 5.74) is 0.861. The Labute approximate surface area is 240 Å². The fourth-order valence-electron chi connectivity index (χ4n) is 5.35. The van der Waals surface area contributed by atoms with E-state index in [9.17, 15) is 14.4 Å². The largest absolute Gasteiger partial charge is 0.460 e. The van der Waals surface area contributed by atoms with Crippen LogP contribution in [0.25, 0.3) is 10.8 Å². The summed E-state index contributed by atoms with van der Waals surface area (Å²) in [5, 5.41) is 1.38. The van der Waals surface area contributed by atoms with Gasteiger partial charge < -0.3 is 23.7 Å². The van der Waals surface area contributed by atoms with Gasteiger partial charge in [-0.15, -0.1) is 11.6 Å². The maximum Gasteiger partial charge on any atom is 0.414 e. The zero-order chi connectivity index (χ0) is 29.5. The second-order valence-corrected chi connectivity index (χ2v) is 12.3. The van der Waals surface area contributed by atoms with Crippen molar-refractivity contribution >= 4 is 46.1 Å². The third kappa shape index (κ3) is 6.15. The summed E-state index contributed by atoms with van der Waals surface area (Å²) >= 11 is 6.65. The van der Waals surface area contributed by atoms with Crippen molar-refractivity contribution < 1.29 is 38.1 Å². The van der Waals surface area contributed by atoms with Crippen LogP contribution in [0.4, 0.5) is 10.5 Å². The fraction of sp³-hybridized carbons (Fsp3) is 0.567. The zero-order valence-electron chi connectivity index (χ0n) is 24.2. The number of carbonyl (C=O) groups is 3. The number of esters is 2. The fourth-order valence-corrected chi connectivity index (χ4v) is 5.55. The number of rotatable bonds is 5. The molecule has 1 amide bonds. The molecular formula is C30H38ClNO8. The van der Waals surface area contributed by atoms with Crippen LogP contribution < -0.4 is 9.64 Å². The molecule has 0 aromatic heterocycles. The van der Waals surface area contributed by atoms with Gasteiger partial charge in [-0.25, -0.2) is 4.79 Å². The first-order valence-corrected chi connectivity index (χ1v) is 14.0. The average Bonchev–Trinajstić information content (AvgIpc) is 3.23. The van der Waals surface area contributed by atoms with Crippen molar-refractivity contribution in [2.45, 2.75) is 96.9 Å². The van der Waals surface area contributed by atoms with Gasteiger partial charge in [0.1, 0.15) is 17.5 Å². The molecule has 0 aliphatic carbocycles. The molecule has 0 spiro atoms. The van der Waals surface area contributed by atoms with E-state index in [2.05, 4.69) is 0 Å². The molecule has 1 saturated heterocycles. The molecule has 0 radical (unpaired) electrons. The van der Waals surface area contributed by atoms with Gasteiger partial charge in [-0.2, -0.15) is 0 Å². The quantitative estimate of drug-likeness (QED) is 0.246. The van der Waals surface area contributed by atoms with Gasteiger partial charge >= 0.3 is 18.0 Å². The first-order valence-electron chi connectivity index (χ1n) is 13.5. The van der Waals surface area contributed by atoms with Gasteiger partial charge in [0.15, 0.2) is 0 Å². The molecule has 2 aromatic rings. The summed E-state index contributed by atoms with van der Waals surface area (Å²) in [6.45, 7) is 14.0. The number of benzene rings is 2. The molecule has 4 rings (SSSR count). The van der Waals surface area contributed by atoms with Crippen molar-refractivity contribution in [2.24, 2.45) is 5.92 Å². The number of nitrogens with zero attached hydrogens (tertiary/aromatic N) is 1. The van der Waals surface area contributed by atoms with Crippen LogP contribution in [-0.4, -0.2) is 60.2 Å². The molecule has 0 bridgehead atoms. The number of anilines is 1. The number of halogens is 1. The van der Waals surface area contributed by atoms with E-state index in [0.717, 1.165) is 16.3 Å². The lowest BCUT2D eigenvalue weighted by molar-refractivity contribution is -0.262. The number of hydrogen-bond donors (Lipinski definition) is 0. The molecule has 218 valence electrons. The van der Waals surface area contributed by atoms with E-state index in [0.29, 0.717) is 18.0 Å². The van der Waals surface area contributed by atoms with Gasteiger partial charge in [-0.05, 0) is 45.6 Å². The van der Waals surface area contributed by atoms with Gasteiger partial charge in [0, 0.05) is 49.1 Å². The minimum absolute atomic E-state index is 0.142. The molecule has 0 saturated carbocycles. The van der Waals surface area contributed by atoms with Crippen molar-refractivity contribution in [1.29, 1.82) is 0 Å². The second kappa shape index (κ2) is 11.4. The standard InChI is InChI=1S/C30H38ClNO8/c1-15-17(3)36-28(27(38-19(5)34)26(15)37-18(4)33)39-24-13-23-25(21-12-10-9-11-20(21)24)22(16(2)31)14-32(23)29(35)40-30(6,7)8/h9-13,15-17,22,26-28H,14H2,1-8H3/t15-,16-,17+,22+,26-,27+,28+/m1/s1. The highest BCUT2D eigenvalue weighted by atomic mass is 35.5. The summed E-state index contributed by atoms with van der Waals surface area (Å²) in [5.74, 6) is -1.05. The van der Waals surface area contributed by atoms with Crippen molar-refractivity contribution in [3.63, 3.8) is 0 Å². The van der Waals surface area contributed by atoms with Crippen molar-refractivity contribution in [3.8, 4) is 5.75 Å². The number of carbonyl (C=O) groups excluding carboxylic acids is 3. The maximum atomic E-state index is 13.3. The van der Waals surface area contributed by atoms with E-state index in [4.69, 9.17) is 35.3 Å². The SMILES string of the molecule is CC(=O)O[C@@H]1[C@H](Oc2cc3c(c4ccccc24)[C@H]([C@@H](C)Cl)CN3C(=O)OC(C)(C)C)O[C@@H](C)[C@@H](C)[C@H]1OC(C)=O. The molecule has 1 fully saturated rings. The molecule has 0 unspecified atom stereocenters. The van der Waals surface area contributed by atoms with Crippen LogP contribution in [-0.2, 0) is 28.5 Å². The molecular weight excluding hydrogens is 538 g/mol. The second-order valence-electron chi connectivity index (χ2n) is 11.6. The maximum absolute atomic E-state index is 13.3. The van der Waals surface area contributed by atoms with Crippen LogP contribution in [0.5, 0.6) is 5.75 Å². The normalized spacial score (nSPS) is 27.1. The molecule has 2 aliphatic rings. The molecule has 9 nitrogen and oxygen atoms in total. The van der Waals surface area contributed by atoms with Gasteiger partial charge in [0.05, 0.1) is 11.8 Å². The lowest BCUT2D eigenvalue weighted by Gasteiger charge is -2.43. The highest BCUT2D eigenvalue weighted by Crippen LogP contribution is 2.48. The summed E-state index contributed by atoms with van der Waals surface area (Å²) in [6, 6.07) is 9.45. The molecule has 10 heteroatoms. The van der Waals surface area contributed by atoms with E-state index in [1.165, 1.54) is 13.8 Å². The van der Waals surface area contributed by atoms with E-state index >= 15 is 0 Å². The minimum Gasteiger partial charge on any atom is -0.460 e. The zero-order valence-corrected chi connectivity index (χ0v) is 25.0. The number of hydrogen-bond acceptors (Lipinski definition) is 8. The number of fused-ring (bicyclic) bond motifs is 3. The topological polar surface area (TPSA) is 101 Å². The Hall–Kier alpha value is -3.04. The lowest BCUT2D eigenvalue weighted by atomic mass is 9.91. The van der Waals surface area contributed by atoms with Gasteiger partial charge in [0.2, 0.25) is 12.4 Å². The van der Waals surface area contributed by atoms with Crippen molar-refractivity contribution in [1.82, 2.24) is 0 Å². The van der Waals surface area contributed by atoms with E-state index in [1.54, 1.807) is 11.0 Å². The van der Waals surface area contributed by atoms with Crippen LogP contribution >= 0.6 is 11.6 Å². The number of amides is 1. The van der Waals surface area contributed by atoms with Crippen LogP contribution in [0.1, 0.15) is 66.9 Å². The monoisotopic (exact) mass is 575 g/mol. The average molecular weight is 576 g/mol. The molecule has 2 aromatic carbocycles. The highest BCUT2D eigenvalue weighted by molar-refractivity contribution is 6.21. The number of ether oxygens (including phenoxy) is 5. The molecule has 2 aliphatic heterocycles. The Morgan fingerprint density at radius 3 is 2.20 bits per heavy atom. The highest BCUT2D eigenvalue weighted by Gasteiger charge is 2.48. The van der Waals surface area contributed by atoms with Crippen LogP contribution in [0, 0.1) is 5.92 Å². The first kappa shape index (κ1) is 29.9. The lowest BCUT2D eigenvalue weighted by Crippen LogP contribution is -2.57. The van der Waals surface area contributed by atoms with Crippen molar-refractivity contribution in [2.75, 3.05) is 11.4 Å². The Kier molecular flexibility index (Phi) is 8.57. The summed E-state index contributed by atoms with van der Waals surface area (Å²) in [6.07, 6.45) is -3.74. The van der Waals surface area contributed by atoms with Crippen LogP contribution in [0.2, 0.25) is 0 Å². The Morgan fingerprint density at radius 2 is 1.62 bits per heavy atom. The number of alkyl halides is 1. The summed E-state index contributed by atoms with van der Waals surface area (Å²) in [7, 11) is 0. The van der Waals surface area contributed by atoms with E-state index in [-0.39, 0.29) is 23.3 Å². The Bertz CT molecular complexity index is 1290. The summed E-state index contributed by atoms with van der Waals surface area (Å²) in [4.78, 5) is 38.9. The Morgan fingerprint density at radius 1 is 1.02 bits per heavy atom. The smallest absolute Gasteiger partial charge is 0.414 e. The predicted molar refractivity (Wildman–Crippen MR) is 151 cm³/mol. The van der Waals surface area contributed by atoms with Crippen molar-refractivity contribution in [3.05, 3.63) is 35.9 Å². The van der Waals surface area contributed by atoms with Crippen LogP contribution in [0.3, 0.4) is 0 Å². The molecule has 0 N–H and O–H groups in total. The third-order valence-corrected chi connectivity index (χ3v) is 7.59. The van der Waals surface area contributed by atoms with E-state index in [1.807, 2.05) is 65.8 Å². The Balaban J connectivity index is 1.82. The minimum atomic E-state index is -1.08. The third-order valence-electron chi connectivity index (χ3n) is 7.28. The molecule has 2 heterocycles. The van der Waals surface area contributed by atoms with Gasteiger partial charge in [-0.1, -0.05) is 31.2 Å². The van der Waals surface area contributed by atoms with E-state index < -0.39 is 42.1 Å². The van der Waals surface area contributed by atoms with Gasteiger partial charge in [-0.3, -0.25) is 14.5 Å². The van der Waals surface area contributed by atoms with Gasteiger partial charge in [0.25, 0.3) is 0 Å².